The molecule has 0 unspecified atom stereocenters. The van der Waals surface area contributed by atoms with Crippen LogP contribution in [-0.4, -0.2) is 18.2 Å². The Bertz CT molecular complexity index is 446. The Morgan fingerprint density at radius 1 is 1.56 bits per heavy atom. The molecule has 0 atom stereocenters. The average molecular weight is 219 g/mol. The second-order valence-electron chi connectivity index (χ2n) is 3.32. The van der Waals surface area contributed by atoms with Gasteiger partial charge in [0.25, 0.3) is 0 Å². The minimum atomic E-state index is -0.945. The number of rotatable bonds is 4. The van der Waals surface area contributed by atoms with Crippen molar-refractivity contribution in [2.75, 3.05) is 7.11 Å². The van der Waals surface area contributed by atoms with Gasteiger partial charge in [0, 0.05) is 0 Å². The molecule has 0 radical (unpaired) electrons. The van der Waals surface area contributed by atoms with Crippen LogP contribution >= 0.6 is 0 Å². The summed E-state index contributed by atoms with van der Waals surface area (Å²) in [5, 5.41) is 17.9. The maximum Gasteiger partial charge on any atom is 0.307 e. The number of nitriles is 1. The number of aliphatic carboxylic acids is 1. The molecule has 0 aromatic heterocycles. The fourth-order valence-corrected chi connectivity index (χ4v) is 1.65. The molecule has 1 N–H and O–H groups in total. The lowest BCUT2D eigenvalue weighted by Gasteiger charge is -2.11. The zero-order chi connectivity index (χ0) is 12.1. The van der Waals surface area contributed by atoms with Crippen LogP contribution in [0.15, 0.2) is 12.1 Å². The molecule has 1 rings (SSSR count). The zero-order valence-electron chi connectivity index (χ0n) is 9.28. The molecule has 0 amide bonds. The number of hydrogen-bond donors (Lipinski definition) is 1. The first-order valence-electron chi connectivity index (χ1n) is 4.94. The van der Waals surface area contributed by atoms with Gasteiger partial charge in [0.1, 0.15) is 11.8 Å². The number of methoxy groups -OCH3 is 1. The van der Waals surface area contributed by atoms with Crippen LogP contribution in [0.4, 0.5) is 0 Å². The van der Waals surface area contributed by atoms with E-state index in [2.05, 4.69) is 0 Å². The van der Waals surface area contributed by atoms with Crippen LogP contribution in [0.2, 0.25) is 0 Å². The second-order valence-corrected chi connectivity index (χ2v) is 3.32. The molecule has 4 heteroatoms. The van der Waals surface area contributed by atoms with Gasteiger partial charge >= 0.3 is 5.97 Å². The molecule has 0 fully saturated rings. The lowest BCUT2D eigenvalue weighted by Crippen LogP contribution is -2.07. The Labute approximate surface area is 94.1 Å². The van der Waals surface area contributed by atoms with Crippen LogP contribution < -0.4 is 4.74 Å². The predicted octanol–water partition coefficient (Wildman–Crippen LogP) is 1.76. The van der Waals surface area contributed by atoms with Crippen LogP contribution in [0, 0.1) is 11.3 Å². The number of benzene rings is 1. The van der Waals surface area contributed by atoms with Gasteiger partial charge in [-0.05, 0) is 23.6 Å². The van der Waals surface area contributed by atoms with Gasteiger partial charge in [-0.2, -0.15) is 5.26 Å². The molecular weight excluding hydrogens is 206 g/mol. The van der Waals surface area contributed by atoms with Gasteiger partial charge in [-0.3, -0.25) is 4.79 Å². The van der Waals surface area contributed by atoms with E-state index < -0.39 is 5.97 Å². The Morgan fingerprint density at radius 3 is 2.69 bits per heavy atom. The molecular formula is C12H13NO3. The lowest BCUT2D eigenvalue weighted by atomic mass is 9.96. The van der Waals surface area contributed by atoms with Crippen LogP contribution in [0.5, 0.6) is 5.75 Å². The normalized spacial score (nSPS) is 9.56. The van der Waals surface area contributed by atoms with Crippen molar-refractivity contribution < 1.29 is 14.6 Å². The van der Waals surface area contributed by atoms with E-state index in [4.69, 9.17) is 15.1 Å². The summed E-state index contributed by atoms with van der Waals surface area (Å²) in [5.41, 5.74) is 1.75. The van der Waals surface area contributed by atoms with Gasteiger partial charge in [0.15, 0.2) is 0 Å². The maximum atomic E-state index is 10.8. The Kier molecular flexibility index (Phi) is 3.90. The van der Waals surface area contributed by atoms with Crippen LogP contribution in [0.25, 0.3) is 0 Å². The number of carboxylic acid groups (broad SMARTS) is 1. The molecule has 0 aliphatic heterocycles. The molecule has 84 valence electrons. The van der Waals surface area contributed by atoms with E-state index in [0.29, 0.717) is 23.3 Å². The van der Waals surface area contributed by atoms with Crippen molar-refractivity contribution in [2.24, 2.45) is 0 Å². The summed E-state index contributed by atoms with van der Waals surface area (Å²) in [4.78, 5) is 10.8. The highest BCUT2D eigenvalue weighted by molar-refractivity contribution is 5.73. The van der Waals surface area contributed by atoms with Crippen molar-refractivity contribution in [3.63, 3.8) is 0 Å². The van der Waals surface area contributed by atoms with Crippen molar-refractivity contribution in [2.45, 2.75) is 19.8 Å². The Hall–Kier alpha value is -2.02. The molecule has 1 aromatic carbocycles. The van der Waals surface area contributed by atoms with Crippen LogP contribution in [0.3, 0.4) is 0 Å². The first-order valence-corrected chi connectivity index (χ1v) is 4.94. The molecule has 0 aliphatic carbocycles. The van der Waals surface area contributed by atoms with E-state index in [0.717, 1.165) is 5.56 Å². The third-order valence-electron chi connectivity index (χ3n) is 2.41. The highest BCUT2D eigenvalue weighted by Gasteiger charge is 2.15. The van der Waals surface area contributed by atoms with Crippen LogP contribution in [-0.2, 0) is 17.6 Å². The number of nitrogens with zero attached hydrogens (tertiary/aromatic N) is 1. The first-order chi connectivity index (χ1) is 7.63. The zero-order valence-corrected chi connectivity index (χ0v) is 9.28. The predicted molar refractivity (Wildman–Crippen MR) is 58.4 cm³/mol. The van der Waals surface area contributed by atoms with E-state index in [1.54, 1.807) is 12.1 Å². The largest absolute Gasteiger partial charge is 0.495 e. The number of ether oxygens (including phenoxy) is 1. The minimum Gasteiger partial charge on any atom is -0.495 e. The quantitative estimate of drug-likeness (QED) is 0.837. The molecule has 0 bridgehead atoms. The van der Waals surface area contributed by atoms with Crippen molar-refractivity contribution in [1.82, 2.24) is 0 Å². The summed E-state index contributed by atoms with van der Waals surface area (Å²) >= 11 is 0. The molecule has 4 nitrogen and oxygen atoms in total. The van der Waals surface area contributed by atoms with Gasteiger partial charge in [-0.25, -0.2) is 0 Å². The van der Waals surface area contributed by atoms with E-state index in [-0.39, 0.29) is 6.42 Å². The molecule has 0 saturated carbocycles. The first kappa shape index (κ1) is 12.1. The lowest BCUT2D eigenvalue weighted by molar-refractivity contribution is -0.136. The topological polar surface area (TPSA) is 70.3 Å². The molecule has 0 saturated heterocycles. The van der Waals surface area contributed by atoms with E-state index >= 15 is 0 Å². The Morgan fingerprint density at radius 2 is 2.25 bits per heavy atom. The maximum absolute atomic E-state index is 10.8. The van der Waals surface area contributed by atoms with Crippen LogP contribution in [0.1, 0.15) is 23.6 Å². The molecule has 0 spiro atoms. The molecule has 0 heterocycles. The highest BCUT2D eigenvalue weighted by atomic mass is 16.5. The molecule has 1 aromatic rings. The monoisotopic (exact) mass is 219 g/mol. The number of aryl methyl sites for hydroxylation is 1. The molecule has 16 heavy (non-hydrogen) atoms. The summed E-state index contributed by atoms with van der Waals surface area (Å²) in [7, 11) is 1.46. The van der Waals surface area contributed by atoms with Gasteiger partial charge in [-0.15, -0.1) is 0 Å². The summed E-state index contributed by atoms with van der Waals surface area (Å²) in [6.07, 6.45) is 0.546. The smallest absolute Gasteiger partial charge is 0.307 e. The second kappa shape index (κ2) is 5.17. The van der Waals surface area contributed by atoms with E-state index in [9.17, 15) is 4.79 Å². The van der Waals surface area contributed by atoms with Crippen molar-refractivity contribution in [3.8, 4) is 11.8 Å². The van der Waals surface area contributed by atoms with Gasteiger partial charge in [0.2, 0.25) is 0 Å². The Balaban J connectivity index is 3.38. The van der Waals surface area contributed by atoms with E-state index in [1.165, 1.54) is 7.11 Å². The van der Waals surface area contributed by atoms with E-state index in [1.807, 2.05) is 13.0 Å². The van der Waals surface area contributed by atoms with Gasteiger partial charge in [0.05, 0.1) is 19.1 Å². The summed E-state index contributed by atoms with van der Waals surface area (Å²) in [6, 6.07) is 5.51. The fourth-order valence-electron chi connectivity index (χ4n) is 1.65. The standard InChI is InChI=1S/C12H13NO3/c1-3-8-4-5-11(16-2)10(7-13)9(8)6-12(14)15/h4-5H,3,6H2,1-2H3,(H,14,15). The third kappa shape index (κ3) is 2.31. The van der Waals surface area contributed by atoms with Crippen molar-refractivity contribution >= 4 is 5.97 Å². The molecule has 0 aliphatic rings. The summed E-state index contributed by atoms with van der Waals surface area (Å²) < 4.78 is 5.04. The minimum absolute atomic E-state index is 0.150. The average Bonchev–Trinajstić information content (AvgIpc) is 2.27. The SMILES string of the molecule is CCc1ccc(OC)c(C#N)c1CC(=O)O. The third-order valence-corrected chi connectivity index (χ3v) is 2.41. The van der Waals surface area contributed by atoms with Gasteiger partial charge < -0.3 is 9.84 Å². The van der Waals surface area contributed by atoms with Gasteiger partial charge in [-0.1, -0.05) is 13.0 Å². The number of hydrogen-bond acceptors (Lipinski definition) is 3. The van der Waals surface area contributed by atoms with Crippen molar-refractivity contribution in [1.29, 1.82) is 5.26 Å². The summed E-state index contributed by atoms with van der Waals surface area (Å²) in [6.45, 7) is 1.92. The number of carboxylic acids is 1. The fraction of sp³-hybridized carbons (Fsp3) is 0.333. The highest BCUT2D eigenvalue weighted by Crippen LogP contribution is 2.25. The summed E-state index contributed by atoms with van der Waals surface area (Å²) in [5.74, 6) is -0.518. The van der Waals surface area contributed by atoms with Crippen molar-refractivity contribution in [3.05, 3.63) is 28.8 Å². The number of carbonyl (C=O) groups is 1.